The van der Waals surface area contributed by atoms with Crippen LogP contribution in [0.2, 0.25) is 0 Å². The molecule has 2 aromatic carbocycles. The summed E-state index contributed by atoms with van der Waals surface area (Å²) in [6.07, 6.45) is 1.68. The first-order valence-corrected chi connectivity index (χ1v) is 10.1. The van der Waals surface area contributed by atoms with Crippen LogP contribution in [0.3, 0.4) is 0 Å². The van der Waals surface area contributed by atoms with Crippen LogP contribution < -0.4 is 10.2 Å². The Balaban J connectivity index is 1.31. The van der Waals surface area contributed by atoms with E-state index in [9.17, 15) is 9.59 Å². The summed E-state index contributed by atoms with van der Waals surface area (Å²) in [6.45, 7) is 3.92. The number of ketones is 1. The third-order valence-corrected chi connectivity index (χ3v) is 5.82. The molecule has 1 aliphatic carbocycles. The zero-order chi connectivity index (χ0) is 20.7. The molecule has 1 saturated heterocycles. The van der Waals surface area contributed by atoms with E-state index in [1.165, 1.54) is 0 Å². The van der Waals surface area contributed by atoms with Gasteiger partial charge < -0.3 is 15.1 Å². The monoisotopic (exact) mass is 398 g/mol. The first-order valence-electron chi connectivity index (χ1n) is 10.1. The first kappa shape index (κ1) is 18.5. The zero-order valence-corrected chi connectivity index (χ0v) is 16.8. The Morgan fingerprint density at radius 1 is 0.900 bits per heavy atom. The number of rotatable bonds is 3. The van der Waals surface area contributed by atoms with E-state index < -0.39 is 0 Å². The quantitative estimate of drug-likeness (QED) is 0.574. The summed E-state index contributed by atoms with van der Waals surface area (Å²) in [5.74, 6) is 0.631. The number of pyridine rings is 1. The maximum atomic E-state index is 12.8. The summed E-state index contributed by atoms with van der Waals surface area (Å²) in [5.41, 5.74) is 4.16. The van der Waals surface area contributed by atoms with Crippen LogP contribution in [0.5, 0.6) is 0 Å². The van der Waals surface area contributed by atoms with Crippen molar-refractivity contribution in [2.24, 2.45) is 0 Å². The minimum Gasteiger partial charge on any atom is -0.354 e. The van der Waals surface area contributed by atoms with Gasteiger partial charge in [0.05, 0.1) is 11.9 Å². The molecule has 1 amide bonds. The molecule has 3 aromatic rings. The van der Waals surface area contributed by atoms with E-state index in [-0.39, 0.29) is 11.7 Å². The molecule has 6 nitrogen and oxygen atoms in total. The minimum absolute atomic E-state index is 0.0338. The van der Waals surface area contributed by atoms with Crippen molar-refractivity contribution in [3.05, 3.63) is 77.5 Å². The van der Waals surface area contributed by atoms with Crippen molar-refractivity contribution in [1.82, 2.24) is 9.88 Å². The molecule has 0 atom stereocenters. The number of likely N-dealkylation sites (N-methyl/N-ethyl adjacent to an activating group) is 1. The van der Waals surface area contributed by atoms with Gasteiger partial charge in [-0.2, -0.15) is 0 Å². The van der Waals surface area contributed by atoms with Crippen LogP contribution in [0, 0.1) is 0 Å². The average molecular weight is 398 g/mol. The molecule has 6 heteroatoms. The number of piperazine rings is 1. The fourth-order valence-corrected chi connectivity index (χ4v) is 4.06. The molecule has 1 aliphatic heterocycles. The molecule has 0 spiro atoms. The lowest BCUT2D eigenvalue weighted by Crippen LogP contribution is -2.44. The molecule has 0 radical (unpaired) electrons. The molecule has 30 heavy (non-hydrogen) atoms. The Morgan fingerprint density at radius 3 is 2.37 bits per heavy atom. The van der Waals surface area contributed by atoms with Gasteiger partial charge in [0.1, 0.15) is 5.82 Å². The van der Waals surface area contributed by atoms with Crippen LogP contribution in [0.1, 0.15) is 26.3 Å². The largest absolute Gasteiger partial charge is 0.354 e. The van der Waals surface area contributed by atoms with E-state index in [1.54, 1.807) is 18.3 Å². The molecular weight excluding hydrogens is 376 g/mol. The second-order valence-corrected chi connectivity index (χ2v) is 7.78. The molecule has 1 N–H and O–H groups in total. The summed E-state index contributed by atoms with van der Waals surface area (Å²) in [5, 5.41) is 2.88. The molecule has 2 aliphatic rings. The smallest absolute Gasteiger partial charge is 0.255 e. The molecule has 0 saturated carbocycles. The van der Waals surface area contributed by atoms with Crippen LogP contribution in [-0.4, -0.2) is 54.8 Å². The number of hydrogen-bond acceptors (Lipinski definition) is 5. The molecular formula is C24H22N4O2. The lowest BCUT2D eigenvalue weighted by molar-refractivity contribution is 0.102. The normalized spacial score (nSPS) is 15.6. The van der Waals surface area contributed by atoms with Gasteiger partial charge in [0.15, 0.2) is 5.78 Å². The summed E-state index contributed by atoms with van der Waals surface area (Å²) in [4.78, 5) is 34.5. The number of nitrogens with one attached hydrogen (secondary N) is 1. The summed E-state index contributed by atoms with van der Waals surface area (Å²) >= 11 is 0. The van der Waals surface area contributed by atoms with Gasteiger partial charge in [-0.05, 0) is 42.4 Å². The number of benzene rings is 2. The van der Waals surface area contributed by atoms with Gasteiger partial charge in [0.25, 0.3) is 5.91 Å². The fraction of sp³-hybridized carbons (Fsp3) is 0.208. The molecule has 2 heterocycles. The second-order valence-electron chi connectivity index (χ2n) is 7.78. The van der Waals surface area contributed by atoms with Gasteiger partial charge in [-0.25, -0.2) is 4.98 Å². The number of carbonyl (C=O) groups excluding carboxylic acids is 2. The van der Waals surface area contributed by atoms with E-state index in [4.69, 9.17) is 0 Å². The third kappa shape index (κ3) is 3.25. The molecule has 0 unspecified atom stereocenters. The number of hydrogen-bond donors (Lipinski definition) is 1. The van der Waals surface area contributed by atoms with Crippen molar-refractivity contribution < 1.29 is 9.59 Å². The fourth-order valence-electron chi connectivity index (χ4n) is 4.06. The van der Waals surface area contributed by atoms with Gasteiger partial charge in [-0.15, -0.1) is 0 Å². The number of anilines is 2. The second kappa shape index (κ2) is 7.39. The molecule has 5 rings (SSSR count). The van der Waals surface area contributed by atoms with Crippen molar-refractivity contribution in [3.63, 3.8) is 0 Å². The Labute approximate surface area is 175 Å². The summed E-state index contributed by atoms with van der Waals surface area (Å²) in [6, 6.07) is 16.6. The van der Waals surface area contributed by atoms with Crippen LogP contribution in [0.4, 0.5) is 11.5 Å². The average Bonchev–Trinajstić information content (AvgIpc) is 3.07. The van der Waals surface area contributed by atoms with E-state index in [0.29, 0.717) is 22.4 Å². The number of carbonyl (C=O) groups is 2. The highest BCUT2D eigenvalue weighted by Crippen LogP contribution is 2.36. The van der Waals surface area contributed by atoms with Gasteiger partial charge >= 0.3 is 0 Å². The van der Waals surface area contributed by atoms with Crippen molar-refractivity contribution >= 4 is 23.2 Å². The van der Waals surface area contributed by atoms with Crippen molar-refractivity contribution in [3.8, 4) is 11.1 Å². The Bertz CT molecular complexity index is 1130. The number of aromatic nitrogens is 1. The zero-order valence-electron chi connectivity index (χ0n) is 16.8. The van der Waals surface area contributed by atoms with Gasteiger partial charge in [-0.3, -0.25) is 9.59 Å². The lowest BCUT2D eigenvalue weighted by Gasteiger charge is -2.33. The van der Waals surface area contributed by atoms with Crippen molar-refractivity contribution in [2.45, 2.75) is 0 Å². The van der Waals surface area contributed by atoms with Crippen molar-refractivity contribution in [1.29, 1.82) is 0 Å². The van der Waals surface area contributed by atoms with E-state index >= 15 is 0 Å². The third-order valence-electron chi connectivity index (χ3n) is 5.82. The predicted octanol–water partition coefficient (Wildman–Crippen LogP) is 3.30. The number of amides is 1. The van der Waals surface area contributed by atoms with Crippen LogP contribution in [-0.2, 0) is 0 Å². The highest BCUT2D eigenvalue weighted by Gasteiger charge is 2.27. The van der Waals surface area contributed by atoms with Gasteiger partial charge in [0.2, 0.25) is 0 Å². The summed E-state index contributed by atoms with van der Waals surface area (Å²) in [7, 11) is 2.12. The van der Waals surface area contributed by atoms with E-state index in [2.05, 4.69) is 27.1 Å². The maximum Gasteiger partial charge on any atom is 0.255 e. The summed E-state index contributed by atoms with van der Waals surface area (Å²) < 4.78 is 0. The van der Waals surface area contributed by atoms with Crippen LogP contribution >= 0.6 is 0 Å². The molecule has 1 fully saturated rings. The SMILES string of the molecule is CN1CCN(c2ccc(NC(=O)c3ccc4c(c3)C(=O)c3ccccc3-4)cn2)CC1. The molecule has 150 valence electrons. The highest BCUT2D eigenvalue weighted by atomic mass is 16.1. The Hall–Kier alpha value is -3.51. The van der Waals surface area contributed by atoms with Gasteiger partial charge in [0, 0.05) is 42.9 Å². The Kier molecular flexibility index (Phi) is 4.56. The van der Waals surface area contributed by atoms with E-state index in [0.717, 1.165) is 43.1 Å². The molecule has 1 aromatic heterocycles. The number of nitrogens with zero attached hydrogens (tertiary/aromatic N) is 3. The van der Waals surface area contributed by atoms with Crippen LogP contribution in [0.15, 0.2) is 60.8 Å². The standard InChI is InChI=1S/C24H22N4O2/c1-27-10-12-28(13-11-27)22-9-7-17(15-25-22)26-24(30)16-6-8-19-18-4-2-3-5-20(18)23(29)21(19)14-16/h2-9,14-15H,10-13H2,1H3,(H,26,30). The topological polar surface area (TPSA) is 65.5 Å². The molecule has 0 bridgehead atoms. The van der Waals surface area contributed by atoms with Crippen LogP contribution in [0.25, 0.3) is 11.1 Å². The lowest BCUT2D eigenvalue weighted by atomic mass is 10.0. The Morgan fingerprint density at radius 2 is 1.63 bits per heavy atom. The minimum atomic E-state index is -0.254. The maximum absolute atomic E-state index is 12.8. The van der Waals surface area contributed by atoms with E-state index in [1.807, 2.05) is 42.5 Å². The highest BCUT2D eigenvalue weighted by molar-refractivity contribution is 6.22. The first-order chi connectivity index (χ1) is 14.6. The van der Waals surface area contributed by atoms with Gasteiger partial charge in [-0.1, -0.05) is 30.3 Å². The number of fused-ring (bicyclic) bond motifs is 3. The predicted molar refractivity (Wildman–Crippen MR) is 117 cm³/mol. The van der Waals surface area contributed by atoms with Crippen molar-refractivity contribution in [2.75, 3.05) is 43.4 Å².